The third-order valence-electron chi connectivity index (χ3n) is 3.57. The highest BCUT2D eigenvalue weighted by Gasteiger charge is 2.17. The molecule has 0 N–H and O–H groups in total. The van der Waals surface area contributed by atoms with E-state index in [-0.39, 0.29) is 0 Å². The Hall–Kier alpha value is -0.780. The first kappa shape index (κ1) is 12.3. The normalized spacial score (nSPS) is 24.4. The molecule has 0 nitrogen and oxygen atoms in total. The second-order valence-corrected chi connectivity index (χ2v) is 4.97. The van der Waals surface area contributed by atoms with Crippen molar-refractivity contribution in [3.8, 4) is 0 Å². The lowest BCUT2D eigenvalue weighted by molar-refractivity contribution is 0.442. The summed E-state index contributed by atoms with van der Waals surface area (Å²) in [5, 5.41) is 0. The van der Waals surface area contributed by atoms with Crippen molar-refractivity contribution in [1.82, 2.24) is 0 Å². The van der Waals surface area contributed by atoms with Crippen LogP contribution < -0.4 is 0 Å². The van der Waals surface area contributed by atoms with Crippen LogP contribution in [0.3, 0.4) is 0 Å². The predicted octanol–water partition coefficient (Wildman–Crippen LogP) is 5.04. The monoisotopic (exact) mass is 204 g/mol. The Balaban J connectivity index is 2.83. The van der Waals surface area contributed by atoms with Crippen LogP contribution in [0, 0.1) is 5.92 Å². The summed E-state index contributed by atoms with van der Waals surface area (Å²) in [5.41, 5.74) is 5.67. The summed E-state index contributed by atoms with van der Waals surface area (Å²) in [4.78, 5) is 0. The van der Waals surface area contributed by atoms with Crippen LogP contribution in [0.25, 0.3) is 0 Å². The van der Waals surface area contributed by atoms with Crippen molar-refractivity contribution >= 4 is 0 Å². The van der Waals surface area contributed by atoms with Crippen LogP contribution in [-0.4, -0.2) is 0 Å². The van der Waals surface area contributed by atoms with Crippen LogP contribution in [-0.2, 0) is 0 Å². The smallest absolute Gasteiger partial charge is 0.0248 e. The minimum atomic E-state index is 0.881. The molecule has 1 atom stereocenters. The van der Waals surface area contributed by atoms with Crippen LogP contribution in [0.15, 0.2) is 34.9 Å². The van der Waals surface area contributed by atoms with E-state index >= 15 is 0 Å². The van der Waals surface area contributed by atoms with Gasteiger partial charge in [-0.25, -0.2) is 0 Å². The number of allylic oxidation sites excluding steroid dienone is 5. The largest absolute Gasteiger partial charge is 0.0956 e. The molecule has 1 saturated carbocycles. The van der Waals surface area contributed by atoms with E-state index in [0.29, 0.717) is 0 Å². The molecule has 1 aliphatic rings. The average molecular weight is 204 g/mol. The van der Waals surface area contributed by atoms with E-state index in [1.807, 2.05) is 0 Å². The minimum absolute atomic E-state index is 0.881. The quantitative estimate of drug-likeness (QED) is 0.591. The fourth-order valence-corrected chi connectivity index (χ4v) is 2.01. The van der Waals surface area contributed by atoms with Crippen molar-refractivity contribution in [2.75, 3.05) is 0 Å². The van der Waals surface area contributed by atoms with E-state index in [9.17, 15) is 0 Å². The molecule has 1 aliphatic carbocycles. The highest BCUT2D eigenvalue weighted by Crippen LogP contribution is 2.34. The van der Waals surface area contributed by atoms with Gasteiger partial charge in [0.25, 0.3) is 0 Å². The fraction of sp³-hybridized carbons (Fsp3) is 0.600. The maximum atomic E-state index is 4.19. The predicted molar refractivity (Wildman–Crippen MR) is 68.9 cm³/mol. The van der Waals surface area contributed by atoms with Gasteiger partial charge < -0.3 is 0 Å². The first-order chi connectivity index (χ1) is 7.04. The summed E-state index contributed by atoms with van der Waals surface area (Å²) in [6.45, 7) is 13.0. The van der Waals surface area contributed by atoms with Gasteiger partial charge in [0.2, 0.25) is 0 Å². The van der Waals surface area contributed by atoms with E-state index in [4.69, 9.17) is 0 Å². The maximum absolute atomic E-state index is 4.19. The molecule has 0 unspecified atom stereocenters. The molecular formula is C15H24. The Bertz CT molecular complexity index is 298. The van der Waals surface area contributed by atoms with Gasteiger partial charge in [0, 0.05) is 0 Å². The molecule has 0 aliphatic heterocycles. The Labute approximate surface area is 94.8 Å². The van der Waals surface area contributed by atoms with E-state index in [1.54, 1.807) is 0 Å². The lowest BCUT2D eigenvalue weighted by Crippen LogP contribution is -2.09. The molecule has 0 heteroatoms. The molecule has 0 saturated heterocycles. The second-order valence-electron chi connectivity index (χ2n) is 4.97. The zero-order chi connectivity index (χ0) is 11.4. The first-order valence-corrected chi connectivity index (χ1v) is 6.07. The number of rotatable bonds is 2. The summed E-state index contributed by atoms with van der Waals surface area (Å²) < 4.78 is 0. The molecule has 0 spiro atoms. The second kappa shape index (κ2) is 5.34. The third kappa shape index (κ3) is 3.37. The van der Waals surface area contributed by atoms with Crippen molar-refractivity contribution in [3.05, 3.63) is 34.9 Å². The Morgan fingerprint density at radius 3 is 2.60 bits per heavy atom. The molecule has 0 aromatic heterocycles. The van der Waals surface area contributed by atoms with Gasteiger partial charge in [-0.3, -0.25) is 0 Å². The SMILES string of the molecule is C=C1CC[C@H](CC)C/C1=C/C(C)=C(C)C. The summed E-state index contributed by atoms with van der Waals surface area (Å²) in [6, 6.07) is 0. The molecule has 1 fully saturated rings. The molecule has 0 amide bonds. The molecule has 15 heavy (non-hydrogen) atoms. The number of hydrogen-bond acceptors (Lipinski definition) is 0. The summed E-state index contributed by atoms with van der Waals surface area (Å²) in [6.07, 6.45) is 7.42. The van der Waals surface area contributed by atoms with Gasteiger partial charge in [-0.05, 0) is 51.5 Å². The topological polar surface area (TPSA) is 0 Å². The molecule has 0 aromatic rings. The van der Waals surface area contributed by atoms with E-state index in [1.165, 1.54) is 48.0 Å². The Kier molecular flexibility index (Phi) is 4.38. The first-order valence-electron chi connectivity index (χ1n) is 6.07. The molecule has 0 aromatic carbocycles. The van der Waals surface area contributed by atoms with Gasteiger partial charge >= 0.3 is 0 Å². The van der Waals surface area contributed by atoms with E-state index < -0.39 is 0 Å². The summed E-state index contributed by atoms with van der Waals surface area (Å²) >= 11 is 0. The Morgan fingerprint density at radius 2 is 2.07 bits per heavy atom. The standard InChI is InChI=1S/C15H24/c1-6-14-8-7-12(4)15(10-14)9-13(5)11(2)3/h9,14H,4,6-8,10H2,1-3,5H3/b15-9-/t14-/m0/s1. The van der Waals surface area contributed by atoms with Crippen LogP contribution in [0.4, 0.5) is 0 Å². The Morgan fingerprint density at radius 1 is 1.40 bits per heavy atom. The van der Waals surface area contributed by atoms with Crippen molar-refractivity contribution in [3.63, 3.8) is 0 Å². The van der Waals surface area contributed by atoms with Gasteiger partial charge in [-0.1, -0.05) is 42.7 Å². The van der Waals surface area contributed by atoms with Gasteiger partial charge in [0.1, 0.15) is 0 Å². The van der Waals surface area contributed by atoms with Gasteiger partial charge in [-0.15, -0.1) is 0 Å². The van der Waals surface area contributed by atoms with Gasteiger partial charge in [0.05, 0.1) is 0 Å². The van der Waals surface area contributed by atoms with Crippen LogP contribution >= 0.6 is 0 Å². The highest BCUT2D eigenvalue weighted by atomic mass is 14.2. The summed E-state index contributed by atoms with van der Waals surface area (Å²) in [5.74, 6) is 0.881. The average Bonchev–Trinajstić information content (AvgIpc) is 2.21. The van der Waals surface area contributed by atoms with Crippen molar-refractivity contribution < 1.29 is 0 Å². The fourth-order valence-electron chi connectivity index (χ4n) is 2.01. The molecule has 84 valence electrons. The van der Waals surface area contributed by atoms with E-state index in [0.717, 1.165) is 5.92 Å². The zero-order valence-corrected chi connectivity index (χ0v) is 10.7. The van der Waals surface area contributed by atoms with Crippen molar-refractivity contribution in [2.24, 2.45) is 5.92 Å². The lowest BCUT2D eigenvalue weighted by Gasteiger charge is -2.25. The maximum Gasteiger partial charge on any atom is -0.0248 e. The van der Waals surface area contributed by atoms with Crippen molar-refractivity contribution in [2.45, 2.75) is 53.4 Å². The number of hydrogen-bond donors (Lipinski definition) is 0. The molecule has 0 bridgehead atoms. The highest BCUT2D eigenvalue weighted by molar-refractivity contribution is 5.37. The van der Waals surface area contributed by atoms with Gasteiger partial charge in [-0.2, -0.15) is 0 Å². The molecule has 1 rings (SSSR count). The molecular weight excluding hydrogens is 180 g/mol. The van der Waals surface area contributed by atoms with Gasteiger partial charge in [0.15, 0.2) is 0 Å². The zero-order valence-electron chi connectivity index (χ0n) is 10.7. The van der Waals surface area contributed by atoms with Crippen LogP contribution in [0.2, 0.25) is 0 Å². The van der Waals surface area contributed by atoms with Crippen LogP contribution in [0.1, 0.15) is 53.4 Å². The molecule has 0 heterocycles. The minimum Gasteiger partial charge on any atom is -0.0956 e. The molecule has 0 radical (unpaired) electrons. The lowest BCUT2D eigenvalue weighted by atomic mass is 9.80. The third-order valence-corrected chi connectivity index (χ3v) is 3.57. The summed E-state index contributed by atoms with van der Waals surface area (Å²) in [7, 11) is 0. The van der Waals surface area contributed by atoms with E-state index in [2.05, 4.69) is 40.3 Å². The van der Waals surface area contributed by atoms with Crippen molar-refractivity contribution in [1.29, 1.82) is 0 Å². The van der Waals surface area contributed by atoms with Crippen LogP contribution in [0.5, 0.6) is 0 Å².